The van der Waals surface area contributed by atoms with E-state index in [0.29, 0.717) is 5.69 Å². The van der Waals surface area contributed by atoms with Crippen molar-refractivity contribution in [2.24, 2.45) is 7.05 Å². The number of benzene rings is 3. The van der Waals surface area contributed by atoms with E-state index in [2.05, 4.69) is 24.3 Å². The van der Waals surface area contributed by atoms with Crippen LogP contribution in [0.3, 0.4) is 0 Å². The molecule has 0 bridgehead atoms. The van der Waals surface area contributed by atoms with Gasteiger partial charge in [0.2, 0.25) is 0 Å². The van der Waals surface area contributed by atoms with Crippen LogP contribution in [0.25, 0.3) is 27.2 Å². The Balaban J connectivity index is 0.00000245. The van der Waals surface area contributed by atoms with E-state index in [0.717, 1.165) is 21.1 Å². The predicted octanol–water partition coefficient (Wildman–Crippen LogP) is 2.34. The van der Waals surface area contributed by atoms with Crippen LogP contribution in [0.1, 0.15) is 16.7 Å². The van der Waals surface area contributed by atoms with Crippen molar-refractivity contribution in [3.8, 4) is 5.69 Å². The van der Waals surface area contributed by atoms with E-state index in [-0.39, 0.29) is 59.3 Å². The molecule has 0 atom stereocenters. The molecule has 0 fully saturated rings. The summed E-state index contributed by atoms with van der Waals surface area (Å²) in [6.45, 7) is 2.04. The number of fused-ring (bicyclic) bond motifs is 2. The van der Waals surface area contributed by atoms with Crippen LogP contribution in [-0.2, 0) is 13.5 Å². The van der Waals surface area contributed by atoms with Crippen molar-refractivity contribution in [2.45, 2.75) is 13.3 Å². The van der Waals surface area contributed by atoms with Crippen molar-refractivity contribution >= 4 is 21.5 Å². The summed E-state index contributed by atoms with van der Waals surface area (Å²) < 4.78 is 2.08. The Kier molecular flexibility index (Phi) is 5.79. The average molecular weight is 450 g/mol. The summed E-state index contributed by atoms with van der Waals surface area (Å²) in [6, 6.07) is 18.3. The Morgan fingerprint density at radius 1 is 0.625 bits per heavy atom. The minimum Gasteiger partial charge on any atom is -0.277 e. The Hall–Kier alpha value is -2.80. The van der Waals surface area contributed by atoms with Crippen LogP contribution >= 0.6 is 0 Å². The van der Waals surface area contributed by atoms with Gasteiger partial charge >= 0.3 is 0 Å². The number of nitrogens with zero attached hydrogens (tertiary/aromatic N) is 2. The summed E-state index contributed by atoms with van der Waals surface area (Å²) >= 11 is 0. The van der Waals surface area contributed by atoms with Crippen molar-refractivity contribution in [2.75, 3.05) is 0 Å². The summed E-state index contributed by atoms with van der Waals surface area (Å²) in [7, 11) is 1.38. The van der Waals surface area contributed by atoms with Gasteiger partial charge in [-0.1, -0.05) is 42.0 Å². The van der Waals surface area contributed by atoms with Crippen LogP contribution in [0.5, 0.6) is 0 Å². The standard InChI is InChI=1S/C25H18N2O4.Ar/c1-14-3-5-15(6-4-14)11-16-7-9-17(10-8-16)27-24(30)20-12-18-19(13-21(20)25(27)31)23(29)26(2)22(18)28;/h3-10,12-13H,11H2,1-2H3;. The Morgan fingerprint density at radius 3 is 1.50 bits per heavy atom. The summed E-state index contributed by atoms with van der Waals surface area (Å²) in [4.78, 5) is 50.5. The van der Waals surface area contributed by atoms with Gasteiger partial charge in [0.1, 0.15) is 0 Å². The van der Waals surface area contributed by atoms with Crippen LogP contribution < -0.4 is 22.2 Å². The molecule has 0 saturated heterocycles. The third-order valence-electron chi connectivity index (χ3n) is 5.82. The molecule has 0 spiro atoms. The molecular weight excluding hydrogens is 432 g/mol. The average Bonchev–Trinajstić information content (AvgIpc) is 3.14. The Labute approximate surface area is 212 Å². The molecule has 0 amide bonds. The van der Waals surface area contributed by atoms with E-state index in [1.54, 1.807) is 12.1 Å². The topological polar surface area (TPSA) is 78.1 Å². The van der Waals surface area contributed by atoms with Gasteiger partial charge in [-0.2, -0.15) is 0 Å². The van der Waals surface area contributed by atoms with Crippen LogP contribution in [-0.4, -0.2) is 9.13 Å². The molecule has 160 valence electrons. The molecule has 2 heterocycles. The zero-order valence-corrected chi connectivity index (χ0v) is 18.1. The van der Waals surface area contributed by atoms with Crippen LogP contribution in [0, 0.1) is 44.7 Å². The molecule has 5 rings (SSSR count). The second-order valence-corrected chi connectivity index (χ2v) is 7.89. The summed E-state index contributed by atoms with van der Waals surface area (Å²) in [5, 5.41) is 0.596. The van der Waals surface area contributed by atoms with Crippen molar-refractivity contribution in [1.82, 2.24) is 9.13 Å². The van der Waals surface area contributed by atoms with Crippen molar-refractivity contribution in [3.63, 3.8) is 0 Å². The molecule has 5 aromatic rings. The second-order valence-electron chi connectivity index (χ2n) is 7.89. The second kappa shape index (κ2) is 8.28. The van der Waals surface area contributed by atoms with Gasteiger partial charge in [0.15, 0.2) is 0 Å². The maximum atomic E-state index is 13.0. The van der Waals surface area contributed by atoms with Crippen molar-refractivity contribution < 1.29 is 37.7 Å². The number of hydrogen-bond donors (Lipinski definition) is 0. The van der Waals surface area contributed by atoms with Gasteiger partial charge in [0.25, 0.3) is 22.2 Å². The SMILES string of the molecule is Cc1ccc(Cc2ccc(-n3c(=O)c4cc5c(=O)n(C)c(=O)c5cc4c3=O)cc2)cc1.[Ar]. The largest absolute Gasteiger partial charge is 0.277 e. The van der Waals surface area contributed by atoms with Gasteiger partial charge in [0, 0.05) is 44.8 Å². The van der Waals surface area contributed by atoms with E-state index in [9.17, 15) is 19.2 Å². The molecule has 0 unspecified atom stereocenters. The van der Waals surface area contributed by atoms with Gasteiger partial charge in [-0.3, -0.25) is 23.7 Å². The van der Waals surface area contributed by atoms with Gasteiger partial charge in [-0.05, 0) is 48.7 Å². The van der Waals surface area contributed by atoms with E-state index >= 15 is 0 Å². The van der Waals surface area contributed by atoms with Gasteiger partial charge in [0.05, 0.1) is 27.2 Å². The molecule has 0 aliphatic rings. The monoisotopic (exact) mass is 450 g/mol. The fourth-order valence-corrected chi connectivity index (χ4v) is 4.03. The molecule has 32 heavy (non-hydrogen) atoms. The normalized spacial score (nSPS) is 11.2. The summed E-state index contributed by atoms with van der Waals surface area (Å²) in [5.41, 5.74) is 1.95. The Bertz CT molecular complexity index is 1610. The van der Waals surface area contributed by atoms with Crippen LogP contribution in [0.4, 0.5) is 0 Å². The predicted molar refractivity (Wildman–Crippen MR) is 121 cm³/mol. The minimum absolute atomic E-state index is 0. The first kappa shape index (κ1) is 22.4. The fraction of sp³-hybridized carbons (Fsp3) is 0.120. The number of aryl methyl sites for hydroxylation is 1. The summed E-state index contributed by atoms with van der Waals surface area (Å²) in [5.74, 6) is 0. The quantitative estimate of drug-likeness (QED) is 0.423. The van der Waals surface area contributed by atoms with E-state index < -0.39 is 22.2 Å². The van der Waals surface area contributed by atoms with Crippen LogP contribution in [0.15, 0.2) is 79.8 Å². The van der Waals surface area contributed by atoms with Gasteiger partial charge in [-0.25, -0.2) is 4.57 Å². The third kappa shape index (κ3) is 3.48. The first-order chi connectivity index (χ1) is 14.8. The fourth-order valence-electron chi connectivity index (χ4n) is 4.03. The van der Waals surface area contributed by atoms with Gasteiger partial charge in [-0.15, -0.1) is 0 Å². The summed E-state index contributed by atoms with van der Waals surface area (Å²) in [6.07, 6.45) is 0.743. The molecular formula is C25H18ArN2O4. The van der Waals surface area contributed by atoms with Crippen LogP contribution in [0.2, 0.25) is 0 Å². The number of aromatic nitrogens is 2. The number of hydrogen-bond acceptors (Lipinski definition) is 4. The third-order valence-corrected chi connectivity index (χ3v) is 5.82. The Morgan fingerprint density at radius 2 is 1.03 bits per heavy atom. The maximum Gasteiger partial charge on any atom is 0.266 e. The first-order valence-corrected chi connectivity index (χ1v) is 9.89. The molecule has 2 aromatic heterocycles. The van der Waals surface area contributed by atoms with E-state index in [1.165, 1.54) is 30.3 Å². The van der Waals surface area contributed by atoms with Gasteiger partial charge < -0.3 is 0 Å². The molecule has 0 N–H and O–H groups in total. The maximum absolute atomic E-state index is 13.0. The molecule has 0 aliphatic heterocycles. The molecule has 0 aliphatic carbocycles. The smallest absolute Gasteiger partial charge is 0.266 e. The van der Waals surface area contributed by atoms with E-state index in [4.69, 9.17) is 0 Å². The zero-order valence-electron chi connectivity index (χ0n) is 17.4. The molecule has 3 aromatic carbocycles. The first-order valence-electron chi connectivity index (χ1n) is 9.89. The van der Waals surface area contributed by atoms with Crippen molar-refractivity contribution in [3.05, 3.63) is 119 Å². The number of rotatable bonds is 3. The van der Waals surface area contributed by atoms with Crippen molar-refractivity contribution in [1.29, 1.82) is 0 Å². The molecule has 0 saturated carbocycles. The zero-order chi connectivity index (χ0) is 21.9. The van der Waals surface area contributed by atoms with E-state index in [1.807, 2.05) is 19.1 Å². The minimum atomic E-state index is -0.496. The molecule has 6 nitrogen and oxygen atoms in total. The molecule has 7 heteroatoms. The molecule has 0 radical (unpaired) electrons.